The van der Waals surface area contributed by atoms with Crippen molar-refractivity contribution in [2.75, 3.05) is 7.05 Å². The molecular weight excluding hydrogens is 414 g/mol. The summed E-state index contributed by atoms with van der Waals surface area (Å²) >= 11 is 0. The second-order valence-corrected chi connectivity index (χ2v) is 10.2. The number of aryl methyl sites for hydroxylation is 2. The van der Waals surface area contributed by atoms with Gasteiger partial charge in [0.05, 0.1) is 17.4 Å². The third-order valence-electron chi connectivity index (χ3n) is 6.82. The maximum Gasteiger partial charge on any atom is 0.404 e. The van der Waals surface area contributed by atoms with E-state index in [1.165, 1.54) is 17.7 Å². The van der Waals surface area contributed by atoms with Gasteiger partial charge in [-0.05, 0) is 68.3 Å². The Morgan fingerprint density at radius 1 is 1.30 bits per heavy atom. The summed E-state index contributed by atoms with van der Waals surface area (Å²) in [5.41, 5.74) is 5.49. The maximum absolute atomic E-state index is 11.4. The zero-order valence-electron chi connectivity index (χ0n) is 20.1. The lowest BCUT2D eigenvalue weighted by Gasteiger charge is -2.32. The van der Waals surface area contributed by atoms with Gasteiger partial charge in [-0.2, -0.15) is 0 Å². The third-order valence-corrected chi connectivity index (χ3v) is 6.82. The summed E-state index contributed by atoms with van der Waals surface area (Å²) in [7, 11) is 2.16. The van der Waals surface area contributed by atoms with Gasteiger partial charge in [0.15, 0.2) is 0 Å². The molecule has 3 aromatic heterocycles. The van der Waals surface area contributed by atoms with Gasteiger partial charge in [-0.25, -0.2) is 9.78 Å². The summed E-state index contributed by atoms with van der Waals surface area (Å²) < 4.78 is 2.15. The van der Waals surface area contributed by atoms with Crippen LogP contribution in [0.25, 0.3) is 5.65 Å². The van der Waals surface area contributed by atoms with Crippen molar-refractivity contribution in [1.29, 1.82) is 0 Å². The van der Waals surface area contributed by atoms with Crippen molar-refractivity contribution in [3.05, 3.63) is 65.4 Å². The lowest BCUT2D eigenvalue weighted by Crippen LogP contribution is -2.43. The second kappa shape index (κ2) is 9.51. The Kier molecular flexibility index (Phi) is 6.70. The molecule has 2 atom stereocenters. The lowest BCUT2D eigenvalue weighted by molar-refractivity contribution is 0.172. The molecule has 0 spiro atoms. The molecule has 0 aromatic carbocycles. The molecule has 0 aliphatic heterocycles. The molecule has 3 aromatic rings. The highest BCUT2D eigenvalue weighted by Crippen LogP contribution is 2.33. The van der Waals surface area contributed by atoms with E-state index >= 15 is 0 Å². The molecule has 0 bridgehead atoms. The molecule has 0 radical (unpaired) electrons. The summed E-state index contributed by atoms with van der Waals surface area (Å²) in [6.45, 7) is 6.95. The number of aromatic nitrogens is 3. The monoisotopic (exact) mass is 449 g/mol. The Morgan fingerprint density at radius 3 is 2.88 bits per heavy atom. The largest absolute Gasteiger partial charge is 0.465 e. The SMILES string of the molecule is CN(Cc1nc2ccccn2c1CCC(NC(=O)O)C(C)(C)C)[C@H]1CCCc2cccnc21. The Bertz CT molecular complexity index is 1120. The fourth-order valence-electron chi connectivity index (χ4n) is 5.00. The number of carboxylic acid groups (broad SMARTS) is 1. The van der Waals surface area contributed by atoms with Crippen molar-refractivity contribution in [3.63, 3.8) is 0 Å². The topological polar surface area (TPSA) is 82.8 Å². The van der Waals surface area contributed by atoms with Crippen LogP contribution in [-0.4, -0.2) is 43.6 Å². The molecule has 0 saturated heterocycles. The number of hydrogen-bond donors (Lipinski definition) is 2. The Balaban J connectivity index is 1.60. The van der Waals surface area contributed by atoms with Gasteiger partial charge in [-0.1, -0.05) is 32.9 Å². The van der Waals surface area contributed by atoms with Crippen LogP contribution in [0.15, 0.2) is 42.7 Å². The zero-order valence-corrected chi connectivity index (χ0v) is 20.1. The summed E-state index contributed by atoms with van der Waals surface area (Å²) in [6, 6.07) is 10.4. The molecular formula is C26H35N5O2. The van der Waals surface area contributed by atoms with Crippen LogP contribution >= 0.6 is 0 Å². The number of imidazole rings is 1. The van der Waals surface area contributed by atoms with Crippen LogP contribution in [0.1, 0.15) is 68.7 Å². The highest BCUT2D eigenvalue weighted by atomic mass is 16.4. The highest BCUT2D eigenvalue weighted by molar-refractivity contribution is 5.65. The fourth-order valence-corrected chi connectivity index (χ4v) is 5.00. The fraction of sp³-hybridized carbons (Fsp3) is 0.500. The molecule has 0 fully saturated rings. The highest BCUT2D eigenvalue weighted by Gasteiger charge is 2.29. The molecule has 7 nitrogen and oxygen atoms in total. The summed E-state index contributed by atoms with van der Waals surface area (Å²) in [5, 5.41) is 12.1. The van der Waals surface area contributed by atoms with Crippen molar-refractivity contribution in [1.82, 2.24) is 24.6 Å². The van der Waals surface area contributed by atoms with Crippen molar-refractivity contribution in [2.45, 2.75) is 71.5 Å². The van der Waals surface area contributed by atoms with E-state index in [-0.39, 0.29) is 17.5 Å². The number of nitrogens with one attached hydrogen (secondary N) is 1. The Labute approximate surface area is 195 Å². The van der Waals surface area contributed by atoms with E-state index in [2.05, 4.69) is 54.7 Å². The van der Waals surface area contributed by atoms with Gasteiger partial charge in [0.25, 0.3) is 0 Å². The lowest BCUT2D eigenvalue weighted by atomic mass is 9.83. The molecule has 1 aliphatic rings. The van der Waals surface area contributed by atoms with Gasteiger partial charge in [-0.15, -0.1) is 0 Å². The number of fused-ring (bicyclic) bond motifs is 2. The minimum Gasteiger partial charge on any atom is -0.465 e. The first-order valence-electron chi connectivity index (χ1n) is 11.8. The van der Waals surface area contributed by atoms with E-state index in [0.29, 0.717) is 6.42 Å². The molecule has 33 heavy (non-hydrogen) atoms. The normalized spacial score (nSPS) is 17.2. The van der Waals surface area contributed by atoms with Crippen LogP contribution in [0.4, 0.5) is 4.79 Å². The van der Waals surface area contributed by atoms with Crippen molar-refractivity contribution in [2.24, 2.45) is 5.41 Å². The molecule has 1 amide bonds. The molecule has 176 valence electrons. The molecule has 1 unspecified atom stereocenters. The van der Waals surface area contributed by atoms with Gasteiger partial charge in [0.1, 0.15) is 5.65 Å². The minimum atomic E-state index is -0.975. The van der Waals surface area contributed by atoms with Gasteiger partial charge >= 0.3 is 6.09 Å². The molecule has 2 N–H and O–H groups in total. The number of pyridine rings is 2. The number of amides is 1. The van der Waals surface area contributed by atoms with E-state index in [4.69, 9.17) is 9.97 Å². The van der Waals surface area contributed by atoms with Crippen LogP contribution in [0.2, 0.25) is 0 Å². The van der Waals surface area contributed by atoms with Crippen LogP contribution in [0, 0.1) is 5.41 Å². The quantitative estimate of drug-likeness (QED) is 0.539. The van der Waals surface area contributed by atoms with Gasteiger partial charge in [-0.3, -0.25) is 9.88 Å². The second-order valence-electron chi connectivity index (χ2n) is 10.2. The number of hydrogen-bond acceptors (Lipinski definition) is 4. The molecule has 3 heterocycles. The number of rotatable bonds is 7. The smallest absolute Gasteiger partial charge is 0.404 e. The maximum atomic E-state index is 11.4. The average molecular weight is 450 g/mol. The Hall–Kier alpha value is -2.93. The number of carbonyl (C=O) groups is 1. The predicted molar refractivity (Wildman–Crippen MR) is 129 cm³/mol. The van der Waals surface area contributed by atoms with Crippen molar-refractivity contribution < 1.29 is 9.90 Å². The van der Waals surface area contributed by atoms with E-state index in [1.807, 2.05) is 30.5 Å². The summed E-state index contributed by atoms with van der Waals surface area (Å²) in [4.78, 5) is 23.4. The average Bonchev–Trinajstić information content (AvgIpc) is 3.12. The van der Waals surface area contributed by atoms with Gasteiger partial charge in [0, 0.05) is 30.7 Å². The first kappa shape index (κ1) is 23.2. The van der Waals surface area contributed by atoms with Crippen LogP contribution in [0.3, 0.4) is 0 Å². The third kappa shape index (κ3) is 5.19. The minimum absolute atomic E-state index is 0.149. The standard InChI is InChI=1S/C26H35N5O2/c1-26(2,3)22(29-25(32)33)14-13-20-19(28-23-12-5-6-16-31(20)23)17-30(4)21-11-7-9-18-10-8-15-27-24(18)21/h5-6,8,10,12,15-16,21-22,29H,7,9,11,13-14,17H2,1-4H3,(H,32,33)/t21-,22?/m0/s1. The molecule has 1 aliphatic carbocycles. The first-order chi connectivity index (χ1) is 15.7. The van der Waals surface area contributed by atoms with Crippen LogP contribution < -0.4 is 5.32 Å². The van der Waals surface area contributed by atoms with Crippen molar-refractivity contribution >= 4 is 11.7 Å². The zero-order chi connectivity index (χ0) is 23.6. The van der Waals surface area contributed by atoms with E-state index in [1.54, 1.807) is 0 Å². The van der Waals surface area contributed by atoms with Crippen LogP contribution in [0.5, 0.6) is 0 Å². The van der Waals surface area contributed by atoms with E-state index < -0.39 is 6.09 Å². The molecule has 7 heteroatoms. The Morgan fingerprint density at radius 2 is 2.12 bits per heavy atom. The summed E-state index contributed by atoms with van der Waals surface area (Å²) in [6.07, 6.45) is 7.78. The number of nitrogens with zero attached hydrogens (tertiary/aromatic N) is 4. The first-order valence-corrected chi connectivity index (χ1v) is 11.8. The molecule has 4 rings (SSSR count). The predicted octanol–water partition coefficient (Wildman–Crippen LogP) is 4.85. The van der Waals surface area contributed by atoms with Crippen LogP contribution in [-0.2, 0) is 19.4 Å². The molecule has 0 saturated carbocycles. The van der Waals surface area contributed by atoms with Gasteiger partial charge < -0.3 is 14.8 Å². The van der Waals surface area contributed by atoms with E-state index in [0.717, 1.165) is 42.8 Å². The van der Waals surface area contributed by atoms with Crippen molar-refractivity contribution in [3.8, 4) is 0 Å². The summed E-state index contributed by atoms with van der Waals surface area (Å²) in [5.74, 6) is 0. The van der Waals surface area contributed by atoms with Gasteiger partial charge in [0.2, 0.25) is 0 Å². The van der Waals surface area contributed by atoms with E-state index in [9.17, 15) is 9.90 Å².